The second-order valence-electron chi connectivity index (χ2n) is 6.94. The highest BCUT2D eigenvalue weighted by atomic mass is 19.1. The van der Waals surface area contributed by atoms with Gasteiger partial charge in [-0.15, -0.1) is 10.2 Å². The number of hydrogen-bond donors (Lipinski definition) is 2. The number of carbonyl (C=O) groups excluding carboxylic acids is 1. The van der Waals surface area contributed by atoms with Crippen LogP contribution in [0.1, 0.15) is 16.3 Å². The van der Waals surface area contributed by atoms with Gasteiger partial charge in [0.2, 0.25) is 0 Å². The van der Waals surface area contributed by atoms with Crippen LogP contribution < -0.4 is 5.32 Å². The molecule has 0 atom stereocenters. The van der Waals surface area contributed by atoms with Crippen LogP contribution in [0.2, 0.25) is 0 Å². The predicted octanol–water partition coefficient (Wildman–Crippen LogP) is 3.88. The summed E-state index contributed by atoms with van der Waals surface area (Å²) in [6, 6.07) is 18.6. The molecule has 0 unspecified atom stereocenters. The normalized spacial score (nSPS) is 11.0. The molecule has 31 heavy (non-hydrogen) atoms. The molecule has 8 nitrogen and oxygen atoms in total. The zero-order chi connectivity index (χ0) is 21.4. The zero-order valence-electron chi connectivity index (χ0n) is 16.4. The molecular formula is C22H16FN7O. The first-order chi connectivity index (χ1) is 15.1. The molecule has 152 valence electrons. The third-order valence-corrected chi connectivity index (χ3v) is 4.82. The van der Waals surface area contributed by atoms with E-state index in [1.165, 1.54) is 12.1 Å². The van der Waals surface area contributed by atoms with Crippen molar-refractivity contribution in [2.75, 3.05) is 5.32 Å². The third kappa shape index (κ3) is 3.64. The Balaban J connectivity index is 1.31. The van der Waals surface area contributed by atoms with Gasteiger partial charge in [-0.2, -0.15) is 14.7 Å². The van der Waals surface area contributed by atoms with E-state index in [-0.39, 0.29) is 11.7 Å². The summed E-state index contributed by atoms with van der Waals surface area (Å²) in [6.45, 7) is 1.84. The molecular weight excluding hydrogens is 397 g/mol. The number of aromatic amines is 1. The molecule has 5 rings (SSSR count). The molecule has 1 amide bonds. The first kappa shape index (κ1) is 18.6. The lowest BCUT2D eigenvalue weighted by Gasteiger charge is -2.06. The van der Waals surface area contributed by atoms with E-state index in [0.717, 1.165) is 11.3 Å². The molecule has 3 aromatic heterocycles. The number of carbonyl (C=O) groups is 1. The number of nitrogens with one attached hydrogen (secondary N) is 2. The van der Waals surface area contributed by atoms with Crippen molar-refractivity contribution in [3.8, 4) is 22.5 Å². The van der Waals surface area contributed by atoms with Gasteiger partial charge in [-0.05, 0) is 61.5 Å². The number of rotatable bonds is 4. The van der Waals surface area contributed by atoms with E-state index in [0.29, 0.717) is 34.1 Å². The predicted molar refractivity (Wildman–Crippen MR) is 113 cm³/mol. The highest BCUT2D eigenvalue weighted by Gasteiger charge is 2.12. The molecule has 2 N–H and O–H groups in total. The Labute approximate surface area is 175 Å². The SMILES string of the molecule is Cc1nnc2ccc(-c3ccc(NC(=O)c4cc(-c5ccc(F)cc5)n[nH]4)cc3)nn12. The number of halogens is 1. The quantitative estimate of drug-likeness (QED) is 0.466. The van der Waals surface area contributed by atoms with Crippen molar-refractivity contribution in [2.24, 2.45) is 0 Å². The molecule has 9 heteroatoms. The average molecular weight is 413 g/mol. The molecule has 0 saturated carbocycles. The van der Waals surface area contributed by atoms with E-state index >= 15 is 0 Å². The minimum atomic E-state index is -0.326. The summed E-state index contributed by atoms with van der Waals surface area (Å²) in [4.78, 5) is 12.6. The van der Waals surface area contributed by atoms with Gasteiger partial charge >= 0.3 is 0 Å². The van der Waals surface area contributed by atoms with Crippen molar-refractivity contribution in [1.29, 1.82) is 0 Å². The van der Waals surface area contributed by atoms with E-state index in [2.05, 4.69) is 30.8 Å². The van der Waals surface area contributed by atoms with E-state index in [1.807, 2.05) is 31.2 Å². The zero-order valence-corrected chi connectivity index (χ0v) is 16.4. The second kappa shape index (κ2) is 7.45. The molecule has 0 aliphatic rings. The number of benzene rings is 2. The van der Waals surface area contributed by atoms with Crippen LogP contribution in [0.15, 0.2) is 66.7 Å². The highest BCUT2D eigenvalue weighted by Crippen LogP contribution is 2.21. The molecule has 0 spiro atoms. The highest BCUT2D eigenvalue weighted by molar-refractivity contribution is 6.03. The van der Waals surface area contributed by atoms with Gasteiger partial charge in [-0.1, -0.05) is 12.1 Å². The van der Waals surface area contributed by atoms with Gasteiger partial charge in [0.15, 0.2) is 11.5 Å². The standard InChI is InChI=1S/C22H16FN7O/c1-13-25-28-21-11-10-18(29-30(13)21)14-4-8-17(9-5-14)24-22(31)20-12-19(26-27-20)15-2-6-16(23)7-3-15/h2-12H,1H3,(H,24,31)(H,26,27). The van der Waals surface area contributed by atoms with Gasteiger partial charge in [0.1, 0.15) is 11.5 Å². The van der Waals surface area contributed by atoms with Gasteiger partial charge < -0.3 is 5.32 Å². The Bertz CT molecular complexity index is 1390. The van der Waals surface area contributed by atoms with Crippen molar-refractivity contribution in [3.05, 3.63) is 84.1 Å². The van der Waals surface area contributed by atoms with Crippen LogP contribution in [-0.2, 0) is 0 Å². The maximum atomic E-state index is 13.1. The molecule has 0 bridgehead atoms. The van der Waals surface area contributed by atoms with Gasteiger partial charge in [-0.25, -0.2) is 4.39 Å². The summed E-state index contributed by atoms with van der Waals surface area (Å²) in [6.07, 6.45) is 0. The van der Waals surface area contributed by atoms with Gasteiger partial charge in [-0.3, -0.25) is 9.89 Å². The van der Waals surface area contributed by atoms with Crippen molar-refractivity contribution in [3.63, 3.8) is 0 Å². The summed E-state index contributed by atoms with van der Waals surface area (Å²) in [7, 11) is 0. The summed E-state index contributed by atoms with van der Waals surface area (Å²) in [5.41, 5.74) is 4.57. The van der Waals surface area contributed by atoms with Crippen LogP contribution in [0.4, 0.5) is 10.1 Å². The summed E-state index contributed by atoms with van der Waals surface area (Å²) >= 11 is 0. The van der Waals surface area contributed by atoms with Crippen LogP contribution in [-0.4, -0.2) is 35.9 Å². The number of amides is 1. The van der Waals surface area contributed by atoms with E-state index in [9.17, 15) is 9.18 Å². The number of aromatic nitrogens is 6. The van der Waals surface area contributed by atoms with Crippen LogP contribution in [0.5, 0.6) is 0 Å². The fourth-order valence-corrected chi connectivity index (χ4v) is 3.18. The fourth-order valence-electron chi connectivity index (χ4n) is 3.18. The minimum absolute atomic E-state index is 0.304. The summed E-state index contributed by atoms with van der Waals surface area (Å²) in [5.74, 6) is 0.0567. The number of nitrogens with zero attached hydrogens (tertiary/aromatic N) is 5. The Morgan fingerprint density at radius 3 is 2.42 bits per heavy atom. The molecule has 5 aromatic rings. The number of H-pyrrole nitrogens is 1. The Hall–Kier alpha value is -4.40. The van der Waals surface area contributed by atoms with E-state index in [1.54, 1.807) is 34.8 Å². The van der Waals surface area contributed by atoms with Crippen LogP contribution in [0, 0.1) is 12.7 Å². The number of hydrogen-bond acceptors (Lipinski definition) is 5. The van der Waals surface area contributed by atoms with Gasteiger partial charge in [0, 0.05) is 16.8 Å². The van der Waals surface area contributed by atoms with Crippen LogP contribution in [0.3, 0.4) is 0 Å². The Kier molecular flexibility index (Phi) is 4.47. The van der Waals surface area contributed by atoms with E-state index in [4.69, 9.17) is 0 Å². The van der Waals surface area contributed by atoms with Crippen molar-refractivity contribution in [1.82, 2.24) is 30.0 Å². The summed E-state index contributed by atoms with van der Waals surface area (Å²) < 4.78 is 14.8. The Morgan fingerprint density at radius 1 is 0.935 bits per heavy atom. The van der Waals surface area contributed by atoms with Crippen molar-refractivity contribution >= 4 is 17.2 Å². The molecule has 2 aromatic carbocycles. The average Bonchev–Trinajstić information content (AvgIpc) is 3.42. The maximum Gasteiger partial charge on any atom is 0.273 e. The van der Waals surface area contributed by atoms with Gasteiger partial charge in [0.05, 0.1) is 11.4 Å². The molecule has 0 fully saturated rings. The third-order valence-electron chi connectivity index (χ3n) is 4.82. The first-order valence-corrected chi connectivity index (χ1v) is 9.49. The lowest BCUT2D eigenvalue weighted by Crippen LogP contribution is -2.12. The largest absolute Gasteiger partial charge is 0.321 e. The van der Waals surface area contributed by atoms with Crippen molar-refractivity contribution < 1.29 is 9.18 Å². The summed E-state index contributed by atoms with van der Waals surface area (Å²) in [5, 5.41) is 22.3. The van der Waals surface area contributed by atoms with Crippen LogP contribution >= 0.6 is 0 Å². The number of aryl methyl sites for hydroxylation is 1. The lowest BCUT2D eigenvalue weighted by atomic mass is 10.1. The fraction of sp³-hybridized carbons (Fsp3) is 0.0455. The molecule has 0 aliphatic carbocycles. The smallest absolute Gasteiger partial charge is 0.273 e. The Morgan fingerprint density at radius 2 is 1.65 bits per heavy atom. The maximum absolute atomic E-state index is 13.1. The second-order valence-corrected chi connectivity index (χ2v) is 6.94. The van der Waals surface area contributed by atoms with Gasteiger partial charge in [0.25, 0.3) is 5.91 Å². The number of fused-ring (bicyclic) bond motifs is 1. The lowest BCUT2D eigenvalue weighted by molar-refractivity contribution is 0.102. The monoisotopic (exact) mass is 413 g/mol. The number of anilines is 1. The van der Waals surface area contributed by atoms with E-state index < -0.39 is 0 Å². The molecule has 0 radical (unpaired) electrons. The van der Waals surface area contributed by atoms with Crippen molar-refractivity contribution in [2.45, 2.75) is 6.92 Å². The van der Waals surface area contributed by atoms with Crippen LogP contribution in [0.25, 0.3) is 28.2 Å². The first-order valence-electron chi connectivity index (χ1n) is 9.49. The minimum Gasteiger partial charge on any atom is -0.321 e. The topological polar surface area (TPSA) is 101 Å². The molecule has 0 saturated heterocycles. The molecule has 0 aliphatic heterocycles. The molecule has 3 heterocycles.